The normalized spacial score (nSPS) is 11.4. The minimum atomic E-state index is -0.518. The minimum absolute atomic E-state index is 0.0115. The number of nitriles is 1. The summed E-state index contributed by atoms with van der Waals surface area (Å²) in [6.07, 6.45) is 3.56. The first kappa shape index (κ1) is 22.2. The Labute approximate surface area is 203 Å². The zero-order valence-corrected chi connectivity index (χ0v) is 19.7. The van der Waals surface area contributed by atoms with Gasteiger partial charge in [-0.05, 0) is 48.0 Å². The highest BCUT2D eigenvalue weighted by Gasteiger charge is 2.13. The molecule has 4 nitrogen and oxygen atoms in total. The molecule has 32 heavy (non-hydrogen) atoms. The number of hydrogen-bond acceptors (Lipinski definition) is 2. The maximum absolute atomic E-state index is 12.7. The first-order valence-corrected chi connectivity index (χ1v) is 11.2. The molecule has 1 heterocycles. The molecule has 0 saturated heterocycles. The fourth-order valence-electron chi connectivity index (χ4n) is 3.38. The van der Waals surface area contributed by atoms with Crippen molar-refractivity contribution in [2.45, 2.75) is 6.54 Å². The molecule has 0 aliphatic rings. The maximum Gasteiger partial charge on any atom is 0.266 e. The van der Waals surface area contributed by atoms with Gasteiger partial charge in [0.05, 0.1) is 10.0 Å². The number of halogens is 3. The van der Waals surface area contributed by atoms with E-state index in [9.17, 15) is 10.1 Å². The van der Waals surface area contributed by atoms with Crippen LogP contribution < -0.4 is 5.32 Å². The Morgan fingerprint density at radius 2 is 1.81 bits per heavy atom. The third-order valence-corrected chi connectivity index (χ3v) is 6.20. The van der Waals surface area contributed by atoms with Crippen LogP contribution in [0.25, 0.3) is 17.0 Å². The molecule has 0 saturated carbocycles. The zero-order chi connectivity index (χ0) is 22.7. The van der Waals surface area contributed by atoms with Gasteiger partial charge in [0.15, 0.2) is 0 Å². The van der Waals surface area contributed by atoms with Gasteiger partial charge < -0.3 is 9.88 Å². The van der Waals surface area contributed by atoms with Crippen molar-refractivity contribution in [3.8, 4) is 6.07 Å². The van der Waals surface area contributed by atoms with Crippen LogP contribution in [0.1, 0.15) is 11.1 Å². The molecule has 0 bridgehead atoms. The van der Waals surface area contributed by atoms with Gasteiger partial charge >= 0.3 is 0 Å². The van der Waals surface area contributed by atoms with Gasteiger partial charge in [0.1, 0.15) is 11.6 Å². The molecule has 0 aliphatic carbocycles. The van der Waals surface area contributed by atoms with Crippen LogP contribution in [0.3, 0.4) is 0 Å². The Kier molecular flexibility index (Phi) is 6.66. The number of fused-ring (bicyclic) bond motifs is 1. The highest BCUT2D eigenvalue weighted by Crippen LogP contribution is 2.27. The first-order valence-electron chi connectivity index (χ1n) is 9.65. The van der Waals surface area contributed by atoms with Crippen LogP contribution in [-0.4, -0.2) is 10.5 Å². The standard InChI is InChI=1S/C25H16BrCl2N3O/c26-19-7-5-16(6-8-19)14-31-15-18(21-3-1-2-4-24(21)31)11-17(13-29)25(32)30-20-9-10-22(27)23(28)12-20/h1-12,15H,14H2,(H,30,32)/b17-11+. The number of anilines is 1. The monoisotopic (exact) mass is 523 g/mol. The number of amides is 1. The van der Waals surface area contributed by atoms with E-state index in [1.165, 1.54) is 0 Å². The largest absolute Gasteiger partial charge is 0.342 e. The molecule has 0 unspecified atom stereocenters. The topological polar surface area (TPSA) is 57.8 Å². The average Bonchev–Trinajstić information content (AvgIpc) is 3.13. The number of benzene rings is 3. The van der Waals surface area contributed by atoms with Crippen molar-refractivity contribution in [2.24, 2.45) is 0 Å². The number of carbonyl (C=O) groups excluding carboxylic acids is 1. The van der Waals surface area contributed by atoms with Crippen LogP contribution >= 0.6 is 39.1 Å². The fraction of sp³-hybridized carbons (Fsp3) is 0.0400. The maximum atomic E-state index is 12.7. The molecular formula is C25H16BrCl2N3O. The summed E-state index contributed by atoms with van der Waals surface area (Å²) in [7, 11) is 0. The fourth-order valence-corrected chi connectivity index (χ4v) is 3.95. The lowest BCUT2D eigenvalue weighted by atomic mass is 10.1. The van der Waals surface area contributed by atoms with Gasteiger partial charge in [0.2, 0.25) is 0 Å². The van der Waals surface area contributed by atoms with E-state index in [1.807, 2.05) is 48.7 Å². The van der Waals surface area contributed by atoms with Crippen molar-refractivity contribution < 1.29 is 4.79 Å². The molecular weight excluding hydrogens is 509 g/mol. The lowest BCUT2D eigenvalue weighted by Crippen LogP contribution is -2.13. The van der Waals surface area contributed by atoms with Gasteiger partial charge in [-0.3, -0.25) is 4.79 Å². The van der Waals surface area contributed by atoms with E-state index in [4.69, 9.17) is 23.2 Å². The highest BCUT2D eigenvalue weighted by molar-refractivity contribution is 9.10. The van der Waals surface area contributed by atoms with Crippen LogP contribution in [0.4, 0.5) is 5.69 Å². The predicted molar refractivity (Wildman–Crippen MR) is 134 cm³/mol. The SMILES string of the molecule is N#C/C(=C\c1cn(Cc2ccc(Br)cc2)c2ccccc12)C(=O)Nc1ccc(Cl)c(Cl)c1. The van der Waals surface area contributed by atoms with E-state index >= 15 is 0 Å². The first-order chi connectivity index (χ1) is 15.4. The number of para-hydroxylation sites is 1. The molecule has 7 heteroatoms. The summed E-state index contributed by atoms with van der Waals surface area (Å²) in [5.41, 5.74) is 3.40. The molecule has 0 radical (unpaired) electrons. The molecule has 1 amide bonds. The summed E-state index contributed by atoms with van der Waals surface area (Å²) in [5.74, 6) is -0.518. The van der Waals surface area contributed by atoms with Gasteiger partial charge in [-0.25, -0.2) is 0 Å². The van der Waals surface area contributed by atoms with Crippen molar-refractivity contribution in [3.63, 3.8) is 0 Å². The molecule has 0 aliphatic heterocycles. The average molecular weight is 525 g/mol. The summed E-state index contributed by atoms with van der Waals surface area (Å²) < 4.78 is 3.13. The Morgan fingerprint density at radius 3 is 2.53 bits per heavy atom. The molecule has 0 spiro atoms. The number of hydrogen-bond donors (Lipinski definition) is 1. The number of rotatable bonds is 5. The second-order valence-corrected chi connectivity index (χ2v) is 8.84. The lowest BCUT2D eigenvalue weighted by Gasteiger charge is -2.06. The summed E-state index contributed by atoms with van der Waals surface area (Å²) >= 11 is 15.4. The number of carbonyl (C=O) groups is 1. The van der Waals surface area contributed by atoms with Crippen LogP contribution in [0.2, 0.25) is 10.0 Å². The van der Waals surface area contributed by atoms with Gasteiger partial charge in [-0.1, -0.05) is 69.5 Å². The highest BCUT2D eigenvalue weighted by atomic mass is 79.9. The van der Waals surface area contributed by atoms with Crippen molar-refractivity contribution in [3.05, 3.63) is 104 Å². The Balaban J connectivity index is 1.66. The van der Waals surface area contributed by atoms with Crippen LogP contribution in [0.15, 0.2) is 83.0 Å². The summed E-state index contributed by atoms with van der Waals surface area (Å²) in [4.78, 5) is 12.7. The van der Waals surface area contributed by atoms with E-state index in [0.29, 0.717) is 22.3 Å². The summed E-state index contributed by atoms with van der Waals surface area (Å²) in [5, 5.41) is 14.0. The van der Waals surface area contributed by atoms with Crippen LogP contribution in [0.5, 0.6) is 0 Å². The van der Waals surface area contributed by atoms with E-state index < -0.39 is 5.91 Å². The lowest BCUT2D eigenvalue weighted by molar-refractivity contribution is -0.112. The van der Waals surface area contributed by atoms with Gasteiger partial charge in [-0.2, -0.15) is 5.26 Å². The quantitative estimate of drug-likeness (QED) is 0.220. The molecule has 3 aromatic carbocycles. The third kappa shape index (κ3) is 4.89. The van der Waals surface area contributed by atoms with E-state index in [0.717, 1.165) is 26.5 Å². The molecule has 0 fully saturated rings. The molecule has 4 rings (SSSR count). The van der Waals surface area contributed by atoms with Crippen molar-refractivity contribution >= 4 is 67.7 Å². The predicted octanol–water partition coefficient (Wildman–Crippen LogP) is 7.30. The van der Waals surface area contributed by atoms with Gasteiger partial charge in [0.25, 0.3) is 5.91 Å². The summed E-state index contributed by atoms with van der Waals surface area (Å²) in [6.45, 7) is 0.666. The molecule has 4 aromatic rings. The smallest absolute Gasteiger partial charge is 0.266 e. The van der Waals surface area contributed by atoms with Gasteiger partial charge in [0, 0.05) is 39.4 Å². The second kappa shape index (κ2) is 9.62. The van der Waals surface area contributed by atoms with E-state index in [-0.39, 0.29) is 5.57 Å². The third-order valence-electron chi connectivity index (χ3n) is 4.93. The Morgan fingerprint density at radius 1 is 1.06 bits per heavy atom. The molecule has 1 aromatic heterocycles. The second-order valence-electron chi connectivity index (χ2n) is 7.11. The number of aromatic nitrogens is 1. The number of nitrogens with one attached hydrogen (secondary N) is 1. The van der Waals surface area contributed by atoms with Crippen LogP contribution in [-0.2, 0) is 11.3 Å². The van der Waals surface area contributed by atoms with Crippen molar-refractivity contribution in [2.75, 3.05) is 5.32 Å². The molecule has 0 atom stereocenters. The number of nitrogens with zero attached hydrogens (tertiary/aromatic N) is 2. The van der Waals surface area contributed by atoms with E-state index in [1.54, 1.807) is 24.3 Å². The zero-order valence-electron chi connectivity index (χ0n) is 16.6. The minimum Gasteiger partial charge on any atom is -0.342 e. The van der Waals surface area contributed by atoms with Crippen molar-refractivity contribution in [1.29, 1.82) is 5.26 Å². The van der Waals surface area contributed by atoms with Gasteiger partial charge in [-0.15, -0.1) is 0 Å². The van der Waals surface area contributed by atoms with Crippen molar-refractivity contribution in [1.82, 2.24) is 4.57 Å². The Bertz CT molecular complexity index is 1380. The van der Waals surface area contributed by atoms with Crippen LogP contribution in [0, 0.1) is 11.3 Å². The summed E-state index contributed by atoms with van der Waals surface area (Å²) in [6, 6.07) is 22.8. The van der Waals surface area contributed by atoms with E-state index in [2.05, 4.69) is 37.9 Å². The Hall–Kier alpha value is -3.04. The molecule has 158 valence electrons. The molecule has 1 N–H and O–H groups in total.